The van der Waals surface area contributed by atoms with E-state index in [0.29, 0.717) is 12.1 Å². The van der Waals surface area contributed by atoms with Gasteiger partial charge in [0.15, 0.2) is 5.65 Å². The molecule has 3 heterocycles. The number of rotatable bonds is 3. The molecule has 0 fully saturated rings. The normalized spacial score (nSPS) is 10.7. The summed E-state index contributed by atoms with van der Waals surface area (Å²) in [4.78, 5) is 13.6. The molecule has 0 spiro atoms. The summed E-state index contributed by atoms with van der Waals surface area (Å²) in [5, 5.41) is 9.13. The van der Waals surface area contributed by atoms with Crippen LogP contribution in [0, 0.1) is 18.3 Å². The first-order valence-electron chi connectivity index (χ1n) is 7.97. The highest BCUT2D eigenvalue weighted by molar-refractivity contribution is 5.77. The van der Waals surface area contributed by atoms with Gasteiger partial charge < -0.3 is 4.57 Å². The molecule has 4 rings (SSSR count). The lowest BCUT2D eigenvalue weighted by molar-refractivity contribution is 0.822. The third-order valence-corrected chi connectivity index (χ3v) is 4.04. The number of hydrogen-bond acceptors (Lipinski definition) is 4. The highest BCUT2D eigenvalue weighted by Crippen LogP contribution is 2.25. The van der Waals surface area contributed by atoms with E-state index in [9.17, 15) is 0 Å². The molecule has 0 aliphatic carbocycles. The zero-order valence-electron chi connectivity index (χ0n) is 13.7. The van der Waals surface area contributed by atoms with E-state index < -0.39 is 0 Å². The van der Waals surface area contributed by atoms with Crippen molar-refractivity contribution in [1.29, 1.82) is 5.26 Å². The van der Waals surface area contributed by atoms with Crippen LogP contribution in [0.4, 0.5) is 0 Å². The maximum Gasteiger partial charge on any atom is 0.160 e. The Hall–Kier alpha value is -3.52. The van der Waals surface area contributed by atoms with Gasteiger partial charge in [-0.1, -0.05) is 12.1 Å². The van der Waals surface area contributed by atoms with Gasteiger partial charge in [0.1, 0.15) is 11.3 Å². The Balaban J connectivity index is 1.90. The number of hydrogen-bond donors (Lipinski definition) is 0. The van der Waals surface area contributed by atoms with E-state index >= 15 is 0 Å². The average Bonchev–Trinajstić information content (AvgIpc) is 3.00. The second kappa shape index (κ2) is 6.17. The van der Waals surface area contributed by atoms with Crippen molar-refractivity contribution in [2.45, 2.75) is 13.5 Å². The number of imidazole rings is 1. The minimum atomic E-state index is 0.590. The monoisotopic (exact) mass is 325 g/mol. The lowest BCUT2D eigenvalue weighted by atomic mass is 10.1. The second-order valence-corrected chi connectivity index (χ2v) is 5.93. The molecule has 1 aromatic carbocycles. The average molecular weight is 325 g/mol. The lowest BCUT2D eigenvalue weighted by Crippen LogP contribution is -2.03. The van der Waals surface area contributed by atoms with Crippen LogP contribution in [-0.2, 0) is 6.54 Å². The van der Waals surface area contributed by atoms with Crippen LogP contribution in [0.3, 0.4) is 0 Å². The van der Waals surface area contributed by atoms with Crippen LogP contribution in [0.1, 0.15) is 16.7 Å². The number of aryl methyl sites for hydroxylation is 1. The summed E-state index contributed by atoms with van der Waals surface area (Å²) in [5.74, 6) is 0.823. The van der Waals surface area contributed by atoms with Gasteiger partial charge in [-0.25, -0.2) is 9.97 Å². The van der Waals surface area contributed by atoms with Gasteiger partial charge in [0, 0.05) is 24.2 Å². The quantitative estimate of drug-likeness (QED) is 0.576. The Labute approximate surface area is 145 Å². The van der Waals surface area contributed by atoms with Crippen molar-refractivity contribution in [3.8, 4) is 17.5 Å². The van der Waals surface area contributed by atoms with E-state index in [1.807, 2.05) is 49.5 Å². The first-order chi connectivity index (χ1) is 12.2. The van der Waals surface area contributed by atoms with Gasteiger partial charge in [-0.05, 0) is 48.4 Å². The zero-order valence-corrected chi connectivity index (χ0v) is 13.7. The van der Waals surface area contributed by atoms with Crippen molar-refractivity contribution in [3.05, 3.63) is 77.7 Å². The predicted octanol–water partition coefficient (Wildman–Crippen LogP) is 3.72. The first kappa shape index (κ1) is 15.0. The Morgan fingerprint density at radius 1 is 1.12 bits per heavy atom. The molecule has 5 nitrogen and oxygen atoms in total. The van der Waals surface area contributed by atoms with Gasteiger partial charge in [-0.3, -0.25) is 4.98 Å². The number of nitrogens with zero attached hydrogens (tertiary/aromatic N) is 5. The highest BCUT2D eigenvalue weighted by atomic mass is 15.1. The fourth-order valence-electron chi connectivity index (χ4n) is 2.90. The van der Waals surface area contributed by atoms with Crippen LogP contribution in [0.15, 0.2) is 61.1 Å². The molecular weight excluding hydrogens is 310 g/mol. The van der Waals surface area contributed by atoms with Gasteiger partial charge in [0.25, 0.3) is 0 Å². The molecule has 0 atom stereocenters. The molecule has 0 bridgehead atoms. The molecular formula is C20H15N5. The smallest absolute Gasteiger partial charge is 0.160 e. The summed E-state index contributed by atoms with van der Waals surface area (Å²) in [5.41, 5.74) is 5.37. The number of nitriles is 1. The fourth-order valence-corrected chi connectivity index (χ4v) is 2.90. The lowest BCUT2D eigenvalue weighted by Gasteiger charge is -2.09. The summed E-state index contributed by atoms with van der Waals surface area (Å²) in [6.07, 6.45) is 5.39. The minimum Gasteiger partial charge on any atom is -0.304 e. The van der Waals surface area contributed by atoms with Crippen molar-refractivity contribution >= 4 is 11.2 Å². The van der Waals surface area contributed by atoms with Gasteiger partial charge >= 0.3 is 0 Å². The van der Waals surface area contributed by atoms with E-state index in [-0.39, 0.29) is 0 Å². The van der Waals surface area contributed by atoms with Crippen molar-refractivity contribution in [2.24, 2.45) is 0 Å². The van der Waals surface area contributed by atoms with Crippen molar-refractivity contribution in [2.75, 3.05) is 0 Å². The predicted molar refractivity (Wildman–Crippen MR) is 95.8 cm³/mol. The van der Waals surface area contributed by atoms with E-state index in [1.54, 1.807) is 18.5 Å². The number of aromatic nitrogens is 4. The molecule has 3 aromatic heterocycles. The molecule has 25 heavy (non-hydrogen) atoms. The molecule has 0 unspecified atom stereocenters. The fraction of sp³-hybridized carbons (Fsp3) is 0.100. The third-order valence-electron chi connectivity index (χ3n) is 4.04. The molecule has 0 saturated heterocycles. The maximum absolute atomic E-state index is 9.13. The summed E-state index contributed by atoms with van der Waals surface area (Å²) in [6, 6.07) is 15.7. The van der Waals surface area contributed by atoms with Crippen molar-refractivity contribution in [3.63, 3.8) is 0 Å². The van der Waals surface area contributed by atoms with E-state index in [1.165, 1.54) is 0 Å². The van der Waals surface area contributed by atoms with E-state index in [4.69, 9.17) is 10.2 Å². The minimum absolute atomic E-state index is 0.590. The first-order valence-corrected chi connectivity index (χ1v) is 7.97. The Morgan fingerprint density at radius 3 is 2.84 bits per heavy atom. The Morgan fingerprint density at radius 2 is 2.04 bits per heavy atom. The van der Waals surface area contributed by atoms with Gasteiger partial charge in [0.2, 0.25) is 0 Å². The summed E-state index contributed by atoms with van der Waals surface area (Å²) in [7, 11) is 0. The SMILES string of the molecule is Cc1cnc2c(c1)nc(-c1cccnc1)n2Cc1cccc(C#N)c1. The van der Waals surface area contributed by atoms with Crippen LogP contribution < -0.4 is 0 Å². The molecule has 120 valence electrons. The molecule has 0 amide bonds. The molecule has 0 N–H and O–H groups in total. The second-order valence-electron chi connectivity index (χ2n) is 5.93. The van der Waals surface area contributed by atoms with Gasteiger partial charge in [-0.2, -0.15) is 5.26 Å². The Kier molecular flexibility index (Phi) is 3.71. The molecule has 4 aromatic rings. The van der Waals surface area contributed by atoms with Crippen LogP contribution in [-0.4, -0.2) is 19.5 Å². The van der Waals surface area contributed by atoms with Crippen LogP contribution >= 0.6 is 0 Å². The van der Waals surface area contributed by atoms with Crippen LogP contribution in [0.5, 0.6) is 0 Å². The zero-order chi connectivity index (χ0) is 17.2. The largest absolute Gasteiger partial charge is 0.304 e. The van der Waals surface area contributed by atoms with Gasteiger partial charge in [0.05, 0.1) is 18.2 Å². The summed E-state index contributed by atoms with van der Waals surface area (Å²) < 4.78 is 2.07. The highest BCUT2D eigenvalue weighted by Gasteiger charge is 2.14. The standard InChI is InChI=1S/C20H15N5/c1-14-8-18-20(23-11-14)25(13-16-5-2-4-15(9-16)10-21)19(24-18)17-6-3-7-22-12-17/h2-9,11-12H,13H2,1H3. The van der Waals surface area contributed by atoms with Crippen LogP contribution in [0.2, 0.25) is 0 Å². The molecule has 0 aliphatic rings. The number of pyridine rings is 2. The van der Waals surface area contributed by atoms with Crippen molar-refractivity contribution < 1.29 is 0 Å². The van der Waals surface area contributed by atoms with Gasteiger partial charge in [-0.15, -0.1) is 0 Å². The summed E-state index contributed by atoms with van der Waals surface area (Å²) in [6.45, 7) is 2.60. The third kappa shape index (κ3) is 2.86. The summed E-state index contributed by atoms with van der Waals surface area (Å²) >= 11 is 0. The van der Waals surface area contributed by atoms with Crippen molar-refractivity contribution in [1.82, 2.24) is 19.5 Å². The Bertz CT molecular complexity index is 1090. The molecule has 0 aliphatic heterocycles. The number of benzene rings is 1. The molecule has 0 saturated carbocycles. The van der Waals surface area contributed by atoms with E-state index in [2.05, 4.69) is 20.6 Å². The van der Waals surface area contributed by atoms with E-state index in [0.717, 1.165) is 33.7 Å². The molecule has 0 radical (unpaired) electrons. The topological polar surface area (TPSA) is 67.4 Å². The van der Waals surface area contributed by atoms with Crippen LogP contribution in [0.25, 0.3) is 22.6 Å². The number of fused-ring (bicyclic) bond motifs is 1. The molecule has 5 heteroatoms. The maximum atomic E-state index is 9.13.